The number of benzene rings is 1. The fourth-order valence-electron chi connectivity index (χ4n) is 7.52. The van der Waals surface area contributed by atoms with Gasteiger partial charge < -0.3 is 28.8 Å². The van der Waals surface area contributed by atoms with Crippen molar-refractivity contribution in [1.29, 1.82) is 0 Å². The summed E-state index contributed by atoms with van der Waals surface area (Å²) < 4.78 is 26.2. The van der Waals surface area contributed by atoms with E-state index in [0.717, 1.165) is 11.3 Å². The first-order valence-corrected chi connectivity index (χ1v) is 21.1. The van der Waals surface area contributed by atoms with Crippen LogP contribution in [0, 0.1) is 17.8 Å². The van der Waals surface area contributed by atoms with E-state index in [1.54, 1.807) is 14.2 Å². The Morgan fingerprint density at radius 1 is 0.889 bits per heavy atom. The van der Waals surface area contributed by atoms with Gasteiger partial charge in [-0.05, 0) is 70.7 Å². The molecular formula is C36H64O6S2Si. The van der Waals surface area contributed by atoms with E-state index in [2.05, 4.69) is 98.8 Å². The third-order valence-corrected chi connectivity index (χ3v) is 19.2. The fraction of sp³-hybridized carbons (Fsp3) is 0.778. The molecule has 0 saturated carbocycles. The van der Waals surface area contributed by atoms with Crippen LogP contribution in [0.5, 0.6) is 5.75 Å². The molecule has 260 valence electrons. The second-order valence-electron chi connectivity index (χ2n) is 13.9. The predicted octanol–water partition coefficient (Wildman–Crippen LogP) is 8.56. The number of aliphatic hydroxyl groups is 2. The molecule has 1 aliphatic rings. The van der Waals surface area contributed by atoms with Crippen molar-refractivity contribution in [3.63, 3.8) is 0 Å². The Kier molecular flexibility index (Phi) is 17.6. The highest BCUT2D eigenvalue weighted by atomic mass is 32.2. The zero-order valence-electron chi connectivity index (χ0n) is 30.1. The third-order valence-electron chi connectivity index (χ3n) is 9.77. The highest BCUT2D eigenvalue weighted by Crippen LogP contribution is 2.46. The summed E-state index contributed by atoms with van der Waals surface area (Å²) in [6, 6.07) is 7.94. The van der Waals surface area contributed by atoms with Gasteiger partial charge in [-0.25, -0.2) is 0 Å². The van der Waals surface area contributed by atoms with Gasteiger partial charge in [0, 0.05) is 18.9 Å². The first-order valence-electron chi connectivity index (χ1n) is 16.9. The van der Waals surface area contributed by atoms with Crippen LogP contribution in [-0.2, 0) is 20.5 Å². The molecule has 0 radical (unpaired) electrons. The second kappa shape index (κ2) is 19.5. The van der Waals surface area contributed by atoms with Crippen LogP contribution in [0.3, 0.4) is 0 Å². The third kappa shape index (κ3) is 10.7. The van der Waals surface area contributed by atoms with Gasteiger partial charge in [0.1, 0.15) is 11.9 Å². The largest absolute Gasteiger partial charge is 0.497 e. The maximum absolute atomic E-state index is 10.8. The molecule has 1 aromatic rings. The molecule has 1 aromatic carbocycles. The summed E-state index contributed by atoms with van der Waals surface area (Å²) >= 11 is 4.16. The van der Waals surface area contributed by atoms with Crippen LogP contribution in [0.15, 0.2) is 35.9 Å². The summed E-state index contributed by atoms with van der Waals surface area (Å²) in [6.45, 7) is 22.9. The monoisotopic (exact) mass is 684 g/mol. The Morgan fingerprint density at radius 2 is 1.44 bits per heavy atom. The van der Waals surface area contributed by atoms with Gasteiger partial charge in [0.2, 0.25) is 8.32 Å². The van der Waals surface area contributed by atoms with Gasteiger partial charge in [-0.2, -0.15) is 0 Å². The van der Waals surface area contributed by atoms with Crippen molar-refractivity contribution in [2.75, 3.05) is 32.3 Å². The van der Waals surface area contributed by atoms with E-state index in [0.29, 0.717) is 33.7 Å². The van der Waals surface area contributed by atoms with Gasteiger partial charge in [0.25, 0.3) is 0 Å². The zero-order chi connectivity index (χ0) is 33.9. The maximum atomic E-state index is 10.8. The lowest BCUT2D eigenvalue weighted by atomic mass is 9.82. The molecule has 2 rings (SSSR count). The summed E-state index contributed by atoms with van der Waals surface area (Å²) in [5.74, 6) is 3.38. The van der Waals surface area contributed by atoms with Gasteiger partial charge in [-0.1, -0.05) is 80.5 Å². The van der Waals surface area contributed by atoms with E-state index in [1.165, 1.54) is 23.5 Å². The zero-order valence-corrected chi connectivity index (χ0v) is 32.8. The summed E-state index contributed by atoms with van der Waals surface area (Å²) in [5.41, 5.74) is 3.59. The van der Waals surface area contributed by atoms with Crippen molar-refractivity contribution in [3.05, 3.63) is 41.5 Å². The van der Waals surface area contributed by atoms with Crippen LogP contribution in [-0.4, -0.2) is 79.9 Å². The molecule has 7 atom stereocenters. The number of thioether (sulfide) groups is 2. The summed E-state index contributed by atoms with van der Waals surface area (Å²) in [4.78, 5) is 0. The molecule has 1 heterocycles. The average molecular weight is 685 g/mol. The fourth-order valence-corrected chi connectivity index (χ4v) is 16.2. The van der Waals surface area contributed by atoms with Crippen LogP contribution < -0.4 is 4.74 Å². The Labute approximate surface area is 284 Å². The van der Waals surface area contributed by atoms with Crippen LogP contribution in [0.1, 0.15) is 81.2 Å². The quantitative estimate of drug-likeness (QED) is 0.111. The van der Waals surface area contributed by atoms with E-state index in [4.69, 9.17) is 18.6 Å². The summed E-state index contributed by atoms with van der Waals surface area (Å²) in [5, 5.41) is 20.7. The molecular weight excluding hydrogens is 621 g/mol. The van der Waals surface area contributed by atoms with Crippen LogP contribution in [0.25, 0.3) is 0 Å². The van der Waals surface area contributed by atoms with Crippen molar-refractivity contribution < 1.29 is 28.8 Å². The minimum atomic E-state index is -2.29. The number of methoxy groups -OCH3 is 2. The molecule has 45 heavy (non-hydrogen) atoms. The van der Waals surface area contributed by atoms with Crippen LogP contribution in [0.2, 0.25) is 16.6 Å². The molecule has 0 amide bonds. The molecule has 0 unspecified atom stereocenters. The Hall–Kier alpha value is -0.523. The number of rotatable bonds is 19. The highest BCUT2D eigenvalue weighted by molar-refractivity contribution is 8.17. The molecule has 1 fully saturated rings. The highest BCUT2D eigenvalue weighted by Gasteiger charge is 2.49. The summed E-state index contributed by atoms with van der Waals surface area (Å²) in [6.07, 6.45) is 1.63. The normalized spacial score (nSPS) is 20.2. The number of hydrogen-bond acceptors (Lipinski definition) is 8. The molecule has 0 spiro atoms. The Balaban J connectivity index is 2.62. The Bertz CT molecular complexity index is 976. The van der Waals surface area contributed by atoms with Crippen molar-refractivity contribution >= 4 is 31.8 Å². The SMILES string of the molecule is COc1ccc(CO[C@H]([C@@H](C)[C@H](OC)[C@@H](O)CO)[C@H](C)[C@@H](O[Si](C(C)C)(C(C)C)C(C)C)/C(C)=C/[C@H](C)C2SCCCS2)cc1. The van der Waals surface area contributed by atoms with Crippen molar-refractivity contribution in [1.82, 2.24) is 0 Å². The van der Waals surface area contributed by atoms with Gasteiger partial charge >= 0.3 is 0 Å². The first kappa shape index (κ1) is 40.7. The molecule has 1 saturated heterocycles. The van der Waals surface area contributed by atoms with Crippen LogP contribution in [0.4, 0.5) is 0 Å². The minimum Gasteiger partial charge on any atom is -0.497 e. The van der Waals surface area contributed by atoms with Crippen molar-refractivity contribution in [2.45, 2.75) is 128 Å². The number of aliphatic hydroxyl groups excluding tert-OH is 2. The standard InChI is InChI=1S/C36H64O6S2Si/c1-23(2)45(24(3)4,25(5)6)42-33(26(7)20-27(8)36-43-18-13-19-44-36)28(9)34(29(10)35(40-12)32(38)21-37)41-22-30-14-16-31(39-11)17-15-30/h14-17,20,23-25,27-29,32-38H,13,18-19,21-22H2,1-12H3/b26-20+/t27-,28+,29+,32-,33-,34-,35-/m0/s1. The molecule has 0 aromatic heterocycles. The molecule has 1 aliphatic heterocycles. The van der Waals surface area contributed by atoms with Gasteiger partial charge in [-0.15, -0.1) is 23.5 Å². The lowest BCUT2D eigenvalue weighted by molar-refractivity contribution is -0.127. The number of hydrogen-bond donors (Lipinski definition) is 2. The summed E-state index contributed by atoms with van der Waals surface area (Å²) in [7, 11) is 0.973. The van der Waals surface area contributed by atoms with Gasteiger partial charge in [0.15, 0.2) is 0 Å². The topological polar surface area (TPSA) is 77.4 Å². The smallest absolute Gasteiger partial charge is 0.201 e. The minimum absolute atomic E-state index is 0.0555. The lowest BCUT2D eigenvalue weighted by Crippen LogP contribution is -2.54. The number of ether oxygens (including phenoxy) is 3. The maximum Gasteiger partial charge on any atom is 0.201 e. The molecule has 0 bridgehead atoms. The van der Waals surface area contributed by atoms with E-state index >= 15 is 0 Å². The van der Waals surface area contributed by atoms with E-state index in [9.17, 15) is 10.2 Å². The first-order chi connectivity index (χ1) is 21.2. The predicted molar refractivity (Wildman–Crippen MR) is 196 cm³/mol. The van der Waals surface area contributed by atoms with E-state index < -0.39 is 20.5 Å². The molecule has 9 heteroatoms. The number of allylic oxidation sites excluding steroid dienone is 1. The van der Waals surface area contributed by atoms with Crippen molar-refractivity contribution in [2.24, 2.45) is 17.8 Å². The second-order valence-corrected chi connectivity index (χ2v) is 22.1. The average Bonchev–Trinajstić information content (AvgIpc) is 3.01. The van der Waals surface area contributed by atoms with Gasteiger partial charge in [-0.3, -0.25) is 0 Å². The molecule has 0 aliphatic carbocycles. The molecule has 6 nitrogen and oxygen atoms in total. The molecule has 2 N–H and O–H groups in total. The lowest BCUT2D eigenvalue weighted by Gasteiger charge is -2.48. The van der Waals surface area contributed by atoms with E-state index in [1.807, 2.05) is 24.3 Å². The van der Waals surface area contributed by atoms with Crippen molar-refractivity contribution in [3.8, 4) is 5.75 Å². The van der Waals surface area contributed by atoms with Gasteiger partial charge in [0.05, 0.1) is 43.2 Å². The van der Waals surface area contributed by atoms with Crippen LogP contribution >= 0.6 is 23.5 Å². The van der Waals surface area contributed by atoms with E-state index in [-0.39, 0.29) is 30.7 Å². The Morgan fingerprint density at radius 3 is 1.91 bits per heavy atom.